The van der Waals surface area contributed by atoms with Gasteiger partial charge in [0.2, 0.25) is 0 Å². The van der Waals surface area contributed by atoms with Crippen LogP contribution in [0.2, 0.25) is 0 Å². The van der Waals surface area contributed by atoms with E-state index >= 15 is 0 Å². The summed E-state index contributed by atoms with van der Waals surface area (Å²) in [4.78, 5) is 12.4. The van der Waals surface area contributed by atoms with Crippen molar-refractivity contribution in [1.29, 1.82) is 0 Å². The maximum absolute atomic E-state index is 12.4. The van der Waals surface area contributed by atoms with E-state index in [2.05, 4.69) is 38.4 Å². The quantitative estimate of drug-likeness (QED) is 0.328. The summed E-state index contributed by atoms with van der Waals surface area (Å²) in [5.74, 6) is 0.814. The maximum Gasteiger partial charge on any atom is 0.338 e. The first-order valence-corrected chi connectivity index (χ1v) is 9.98. The van der Waals surface area contributed by atoms with Crippen molar-refractivity contribution in [2.75, 3.05) is 12.8 Å². The fourth-order valence-electron chi connectivity index (χ4n) is 3.29. The van der Waals surface area contributed by atoms with E-state index in [1.54, 1.807) is 6.07 Å². The largest absolute Gasteiger partial charge is 0.465 e. The van der Waals surface area contributed by atoms with Gasteiger partial charge in [0.1, 0.15) is 5.75 Å². The number of hydrogen-bond acceptors (Lipinski definition) is 4. The molecule has 0 radical (unpaired) electrons. The van der Waals surface area contributed by atoms with E-state index in [9.17, 15) is 4.79 Å². The molecule has 0 fully saturated rings. The van der Waals surface area contributed by atoms with Gasteiger partial charge < -0.3 is 15.2 Å². The first-order valence-electron chi connectivity index (χ1n) is 8.39. The van der Waals surface area contributed by atoms with Gasteiger partial charge in [-0.3, -0.25) is 0 Å². The van der Waals surface area contributed by atoms with Gasteiger partial charge in [0, 0.05) is 22.0 Å². The molecule has 0 spiro atoms. The van der Waals surface area contributed by atoms with Gasteiger partial charge in [0.05, 0.1) is 21.6 Å². The molecule has 1 heterocycles. The second-order valence-electron chi connectivity index (χ2n) is 6.28. The van der Waals surface area contributed by atoms with Gasteiger partial charge in [0.25, 0.3) is 0 Å². The Morgan fingerprint density at radius 2 is 1.75 bits per heavy atom. The Labute approximate surface area is 178 Å². The number of hydrogen-bond donors (Lipinski definition) is 1. The Hall–Kier alpha value is -2.57. The van der Waals surface area contributed by atoms with Gasteiger partial charge in [-0.15, -0.1) is 0 Å². The molecule has 3 aromatic carbocycles. The van der Waals surface area contributed by atoms with E-state index < -0.39 is 5.97 Å². The number of carbonyl (C=O) groups is 1. The van der Waals surface area contributed by atoms with E-state index in [0.29, 0.717) is 27.2 Å². The molecular formula is C22H15Br2NO3. The van der Waals surface area contributed by atoms with Crippen LogP contribution in [-0.2, 0) is 4.74 Å². The lowest BCUT2D eigenvalue weighted by atomic mass is 9.89. The minimum Gasteiger partial charge on any atom is -0.465 e. The number of fused-ring (bicyclic) bond motifs is 2. The Morgan fingerprint density at radius 3 is 2.50 bits per heavy atom. The minimum absolute atomic E-state index is 0.403. The lowest BCUT2D eigenvalue weighted by molar-refractivity contribution is 0.0600. The van der Waals surface area contributed by atoms with Crippen LogP contribution in [0.5, 0.6) is 11.5 Å². The number of carbonyl (C=O) groups excluding carboxylic acids is 1. The Kier molecular flexibility index (Phi) is 4.77. The summed E-state index contributed by atoms with van der Waals surface area (Å²) in [6.07, 6.45) is 0. The smallest absolute Gasteiger partial charge is 0.338 e. The van der Waals surface area contributed by atoms with E-state index in [0.717, 1.165) is 31.6 Å². The second-order valence-corrected chi connectivity index (χ2v) is 7.86. The molecule has 1 aliphatic heterocycles. The Morgan fingerprint density at radius 1 is 1.00 bits per heavy atom. The number of rotatable bonds is 2. The number of halogens is 2. The molecule has 28 heavy (non-hydrogen) atoms. The summed E-state index contributed by atoms with van der Waals surface area (Å²) in [5, 5.41) is 1.64. The lowest BCUT2D eigenvalue weighted by Gasteiger charge is -2.24. The number of methoxy groups -OCH3 is 1. The van der Waals surface area contributed by atoms with Gasteiger partial charge in [-0.05, 0) is 66.9 Å². The highest BCUT2D eigenvalue weighted by Crippen LogP contribution is 2.44. The molecule has 0 amide bonds. The van der Waals surface area contributed by atoms with Gasteiger partial charge in [-0.2, -0.15) is 0 Å². The summed E-state index contributed by atoms with van der Waals surface area (Å²) in [6.45, 7) is 4.03. The first kappa shape index (κ1) is 18.8. The molecule has 4 rings (SSSR count). The van der Waals surface area contributed by atoms with Crippen LogP contribution in [-0.4, -0.2) is 13.1 Å². The van der Waals surface area contributed by atoms with E-state index in [-0.39, 0.29) is 0 Å². The molecular weight excluding hydrogens is 486 g/mol. The summed E-state index contributed by atoms with van der Waals surface area (Å²) in [6, 6.07) is 14.9. The normalized spacial score (nSPS) is 12.0. The topological polar surface area (TPSA) is 61.5 Å². The number of ether oxygens (including phenoxy) is 2. The molecule has 0 aliphatic carbocycles. The molecule has 0 saturated heterocycles. The second kappa shape index (κ2) is 7.11. The zero-order valence-electron chi connectivity index (χ0n) is 14.9. The summed E-state index contributed by atoms with van der Waals surface area (Å²) in [7, 11) is 1.37. The van der Waals surface area contributed by atoms with Gasteiger partial charge in [-0.1, -0.05) is 30.8 Å². The average molecular weight is 501 g/mol. The predicted octanol–water partition coefficient (Wildman–Crippen LogP) is 4.34. The first-order chi connectivity index (χ1) is 13.4. The SMILES string of the molecule is C=c1ccc2c(c1Br)Oc1c(ccc(N)c1Br)C=2c1ccccc1C(=O)OC. The minimum atomic E-state index is -0.403. The van der Waals surface area contributed by atoms with Gasteiger partial charge in [-0.25, -0.2) is 4.79 Å². The molecule has 0 atom stereocenters. The van der Waals surface area contributed by atoms with Crippen LogP contribution in [0.15, 0.2) is 57.5 Å². The summed E-state index contributed by atoms with van der Waals surface area (Å²) >= 11 is 7.12. The van der Waals surface area contributed by atoms with Crippen molar-refractivity contribution in [2.24, 2.45) is 0 Å². The van der Waals surface area contributed by atoms with Crippen LogP contribution in [0.1, 0.15) is 21.5 Å². The number of esters is 1. The van der Waals surface area contributed by atoms with Gasteiger partial charge >= 0.3 is 5.97 Å². The molecule has 0 aromatic heterocycles. The highest BCUT2D eigenvalue weighted by atomic mass is 79.9. The maximum atomic E-state index is 12.4. The van der Waals surface area contributed by atoms with Gasteiger partial charge in [0.15, 0.2) is 5.75 Å². The van der Waals surface area contributed by atoms with Crippen LogP contribution < -0.4 is 20.9 Å². The van der Waals surface area contributed by atoms with Crippen molar-refractivity contribution in [3.8, 4) is 11.5 Å². The van der Waals surface area contributed by atoms with Crippen LogP contribution in [0, 0.1) is 0 Å². The van der Waals surface area contributed by atoms with Crippen LogP contribution in [0.3, 0.4) is 0 Å². The van der Waals surface area contributed by atoms with Crippen LogP contribution >= 0.6 is 31.9 Å². The molecule has 0 unspecified atom stereocenters. The number of nitrogens with two attached hydrogens (primary N) is 1. The van der Waals surface area contributed by atoms with Crippen molar-refractivity contribution in [3.05, 3.63) is 84.6 Å². The van der Waals surface area contributed by atoms with Crippen molar-refractivity contribution >= 4 is 55.7 Å². The van der Waals surface area contributed by atoms with Crippen LogP contribution in [0.4, 0.5) is 5.69 Å². The highest BCUT2D eigenvalue weighted by molar-refractivity contribution is 9.11. The molecule has 0 saturated carbocycles. The lowest BCUT2D eigenvalue weighted by Crippen LogP contribution is -2.22. The summed E-state index contributed by atoms with van der Waals surface area (Å²) in [5.41, 5.74) is 9.55. The molecule has 2 N–H and O–H groups in total. The third-order valence-corrected chi connectivity index (χ3v) is 6.34. The summed E-state index contributed by atoms with van der Waals surface area (Å²) < 4.78 is 12.6. The molecule has 4 nitrogen and oxygen atoms in total. The molecule has 6 heteroatoms. The third kappa shape index (κ3) is 2.84. The Bertz CT molecular complexity index is 1250. The fraction of sp³-hybridized carbons (Fsp3) is 0.0455. The predicted molar refractivity (Wildman–Crippen MR) is 117 cm³/mol. The highest BCUT2D eigenvalue weighted by Gasteiger charge is 2.27. The molecule has 140 valence electrons. The van der Waals surface area contributed by atoms with E-state index in [1.807, 2.05) is 42.5 Å². The fourth-order valence-corrected chi connectivity index (χ4v) is 4.14. The standard InChI is InChI=1S/C22H15Br2NO3/c1-11-7-8-14-17(12-5-3-4-6-13(12)22(26)27-2)15-9-10-16(25)19(24)21(15)28-20(14)18(11)23/h3-10H,1,25H2,2H3. The zero-order valence-corrected chi connectivity index (χ0v) is 18.1. The van der Waals surface area contributed by atoms with Crippen LogP contribution in [0.25, 0.3) is 12.2 Å². The number of benzene rings is 3. The third-order valence-electron chi connectivity index (χ3n) is 4.65. The average Bonchev–Trinajstić information content (AvgIpc) is 2.72. The Balaban J connectivity index is 2.20. The van der Waals surface area contributed by atoms with Crippen molar-refractivity contribution in [1.82, 2.24) is 0 Å². The van der Waals surface area contributed by atoms with Crippen molar-refractivity contribution in [2.45, 2.75) is 0 Å². The molecule has 1 aliphatic rings. The number of anilines is 1. The number of nitrogen functional groups attached to an aromatic ring is 1. The van der Waals surface area contributed by atoms with Crippen molar-refractivity contribution in [3.63, 3.8) is 0 Å². The molecule has 0 bridgehead atoms. The monoisotopic (exact) mass is 499 g/mol. The van der Waals surface area contributed by atoms with E-state index in [1.165, 1.54) is 7.11 Å². The molecule has 3 aromatic rings. The van der Waals surface area contributed by atoms with E-state index in [4.69, 9.17) is 15.2 Å². The zero-order chi connectivity index (χ0) is 20.0. The van der Waals surface area contributed by atoms with Crippen molar-refractivity contribution < 1.29 is 14.3 Å².